The Morgan fingerprint density at radius 2 is 1.05 bits per heavy atom. The quantitative estimate of drug-likeness (QED) is 0.0487. The summed E-state index contributed by atoms with van der Waals surface area (Å²) in [5, 5.41) is 32.9. The normalized spacial score (nSPS) is 14.2. The van der Waals surface area contributed by atoms with E-state index >= 15 is 0 Å². The predicted molar refractivity (Wildman–Crippen MR) is 176 cm³/mol. The van der Waals surface area contributed by atoms with Gasteiger partial charge in [-0.05, 0) is 32.1 Å². The Hall–Kier alpha value is -1.17. The lowest BCUT2D eigenvalue weighted by Crippen LogP contribution is -2.45. The minimum Gasteiger partial charge on any atom is -0.394 e. The number of hydrogen-bond donors (Lipinski definition) is 4. The summed E-state index contributed by atoms with van der Waals surface area (Å²) in [7, 11) is 0. The molecule has 0 aliphatic heterocycles. The molecule has 0 bridgehead atoms. The maximum absolute atomic E-state index is 12.3. The number of carbonyl (C=O) groups is 1. The van der Waals surface area contributed by atoms with Crippen molar-refractivity contribution in [3.8, 4) is 0 Å². The van der Waals surface area contributed by atoms with Gasteiger partial charge in [0.2, 0.25) is 5.91 Å². The number of aliphatic hydroxyl groups excluding tert-OH is 3. The van der Waals surface area contributed by atoms with E-state index in [1.165, 1.54) is 116 Å². The van der Waals surface area contributed by atoms with Crippen LogP contribution in [0.5, 0.6) is 0 Å². The van der Waals surface area contributed by atoms with Crippen molar-refractivity contribution in [1.29, 1.82) is 0 Å². The highest BCUT2D eigenvalue weighted by Gasteiger charge is 2.20. The van der Waals surface area contributed by atoms with E-state index in [4.69, 9.17) is 0 Å². The highest BCUT2D eigenvalue weighted by atomic mass is 16.3. The molecule has 41 heavy (non-hydrogen) atoms. The largest absolute Gasteiger partial charge is 0.394 e. The van der Waals surface area contributed by atoms with Crippen LogP contribution < -0.4 is 5.32 Å². The first kappa shape index (κ1) is 39.8. The molecular formula is C36H69NO4. The van der Waals surface area contributed by atoms with Gasteiger partial charge in [-0.3, -0.25) is 4.79 Å². The zero-order chi connectivity index (χ0) is 30.2. The molecule has 0 radical (unpaired) electrons. The Kier molecular flexibility index (Phi) is 30.9. The van der Waals surface area contributed by atoms with Gasteiger partial charge >= 0.3 is 0 Å². The van der Waals surface area contributed by atoms with Gasteiger partial charge < -0.3 is 20.6 Å². The van der Waals surface area contributed by atoms with E-state index in [2.05, 4.69) is 31.3 Å². The number of hydrogen-bond acceptors (Lipinski definition) is 4. The first-order chi connectivity index (χ1) is 20.0. The van der Waals surface area contributed by atoms with Crippen LogP contribution in [-0.2, 0) is 4.79 Å². The Bertz CT molecular complexity index is 606. The average Bonchev–Trinajstić information content (AvgIpc) is 2.96. The van der Waals surface area contributed by atoms with Gasteiger partial charge in [0.25, 0.3) is 0 Å². The molecule has 0 saturated carbocycles. The smallest absolute Gasteiger partial charge is 0.222 e. The molecule has 0 aromatic heterocycles. The summed E-state index contributed by atoms with van der Waals surface area (Å²) in [6, 6.07) is -0.755. The van der Waals surface area contributed by atoms with E-state index in [0.29, 0.717) is 6.42 Å². The van der Waals surface area contributed by atoms with Crippen LogP contribution in [0.2, 0.25) is 0 Å². The fourth-order valence-electron chi connectivity index (χ4n) is 5.24. The van der Waals surface area contributed by atoms with E-state index in [9.17, 15) is 20.1 Å². The van der Waals surface area contributed by atoms with Crippen LogP contribution in [0.15, 0.2) is 24.3 Å². The first-order valence-electron chi connectivity index (χ1n) is 17.6. The number of aliphatic hydroxyl groups is 3. The topological polar surface area (TPSA) is 89.8 Å². The molecule has 0 saturated heterocycles. The maximum atomic E-state index is 12.3. The zero-order valence-electron chi connectivity index (χ0n) is 27.2. The van der Waals surface area contributed by atoms with Gasteiger partial charge in [-0.15, -0.1) is 0 Å². The minimum atomic E-state index is -0.946. The third kappa shape index (κ3) is 28.7. The molecule has 0 aliphatic rings. The van der Waals surface area contributed by atoms with Gasteiger partial charge in [0.05, 0.1) is 31.3 Å². The number of rotatable bonds is 31. The van der Waals surface area contributed by atoms with Gasteiger partial charge in [-0.2, -0.15) is 0 Å². The molecule has 0 rings (SSSR count). The summed E-state index contributed by atoms with van der Waals surface area (Å²) >= 11 is 0. The Balaban J connectivity index is 3.81. The molecule has 0 aromatic rings. The van der Waals surface area contributed by atoms with Gasteiger partial charge in [0.15, 0.2) is 0 Å². The summed E-state index contributed by atoms with van der Waals surface area (Å²) in [4.78, 5) is 12.3. The third-order valence-electron chi connectivity index (χ3n) is 7.99. The monoisotopic (exact) mass is 580 g/mol. The SMILES string of the molecule is CCCCCCCCCC/C=C/CC/C=C/C(O)C(CO)NC(=O)CC(O)CCCCCCCCCCCCCC. The lowest BCUT2D eigenvalue weighted by Gasteiger charge is -2.21. The fraction of sp³-hybridized carbons (Fsp3) is 0.861. The Morgan fingerprint density at radius 1 is 0.610 bits per heavy atom. The van der Waals surface area contributed by atoms with Crippen molar-refractivity contribution in [2.45, 2.75) is 193 Å². The molecule has 0 aromatic carbocycles. The van der Waals surface area contributed by atoms with Gasteiger partial charge in [0, 0.05) is 0 Å². The molecule has 0 heterocycles. The summed E-state index contributed by atoms with van der Waals surface area (Å²) in [5.74, 6) is -0.327. The van der Waals surface area contributed by atoms with Crippen LogP contribution in [-0.4, -0.2) is 46.1 Å². The first-order valence-corrected chi connectivity index (χ1v) is 17.6. The number of carbonyl (C=O) groups excluding carboxylic acids is 1. The van der Waals surface area contributed by atoms with Crippen LogP contribution in [0.4, 0.5) is 0 Å². The second-order valence-electron chi connectivity index (χ2n) is 12.1. The molecule has 0 spiro atoms. The standard InChI is InChI=1S/C36H69NO4/c1-3-5-7-9-11-13-15-17-18-20-22-24-26-28-30-35(40)34(32-38)37-36(41)31-33(39)29-27-25-23-21-19-16-14-12-10-8-6-4-2/h20,22,28,30,33-35,38-40H,3-19,21,23-27,29,31-32H2,1-2H3,(H,37,41)/b22-20+,30-28+. The predicted octanol–water partition coefficient (Wildman–Crippen LogP) is 9.09. The van der Waals surface area contributed by atoms with Crippen LogP contribution >= 0.6 is 0 Å². The molecule has 4 N–H and O–H groups in total. The molecule has 0 aliphatic carbocycles. The number of allylic oxidation sites excluding steroid dienone is 3. The molecule has 5 nitrogen and oxygen atoms in total. The summed E-state index contributed by atoms with van der Waals surface area (Å²) in [6.45, 7) is 4.17. The van der Waals surface area contributed by atoms with Crippen molar-refractivity contribution in [3.05, 3.63) is 24.3 Å². The van der Waals surface area contributed by atoms with Crippen molar-refractivity contribution in [1.82, 2.24) is 5.32 Å². The lowest BCUT2D eigenvalue weighted by atomic mass is 10.0. The van der Waals surface area contributed by atoms with E-state index in [0.717, 1.165) is 32.1 Å². The van der Waals surface area contributed by atoms with E-state index in [-0.39, 0.29) is 18.9 Å². The third-order valence-corrected chi connectivity index (χ3v) is 7.99. The van der Waals surface area contributed by atoms with Crippen molar-refractivity contribution in [3.63, 3.8) is 0 Å². The second kappa shape index (κ2) is 31.8. The van der Waals surface area contributed by atoms with Crippen molar-refractivity contribution in [2.24, 2.45) is 0 Å². The lowest BCUT2D eigenvalue weighted by molar-refractivity contribution is -0.124. The second-order valence-corrected chi connectivity index (χ2v) is 12.1. The maximum Gasteiger partial charge on any atom is 0.222 e. The molecule has 5 heteroatoms. The molecule has 3 atom stereocenters. The van der Waals surface area contributed by atoms with Crippen LogP contribution in [0, 0.1) is 0 Å². The minimum absolute atomic E-state index is 0.00855. The molecule has 3 unspecified atom stereocenters. The summed E-state index contributed by atoms with van der Waals surface area (Å²) in [5.41, 5.74) is 0. The summed E-state index contributed by atoms with van der Waals surface area (Å²) in [6.07, 6.45) is 35.8. The highest BCUT2D eigenvalue weighted by molar-refractivity contribution is 5.76. The fourth-order valence-corrected chi connectivity index (χ4v) is 5.24. The number of unbranched alkanes of at least 4 members (excludes halogenated alkanes) is 20. The van der Waals surface area contributed by atoms with Gasteiger partial charge in [-0.25, -0.2) is 0 Å². The Labute approximate surface area is 254 Å². The molecule has 0 fully saturated rings. The molecule has 1 amide bonds. The average molecular weight is 580 g/mol. The highest BCUT2D eigenvalue weighted by Crippen LogP contribution is 2.14. The number of amides is 1. The van der Waals surface area contributed by atoms with Crippen molar-refractivity contribution < 1.29 is 20.1 Å². The van der Waals surface area contributed by atoms with Gasteiger partial charge in [0.1, 0.15) is 0 Å². The number of nitrogens with one attached hydrogen (secondary N) is 1. The zero-order valence-corrected chi connectivity index (χ0v) is 27.2. The molecular weight excluding hydrogens is 510 g/mol. The van der Waals surface area contributed by atoms with E-state index in [1.807, 2.05) is 6.08 Å². The molecule has 242 valence electrons. The van der Waals surface area contributed by atoms with Crippen LogP contribution in [0.3, 0.4) is 0 Å². The van der Waals surface area contributed by atoms with E-state index < -0.39 is 18.2 Å². The van der Waals surface area contributed by atoms with Crippen molar-refractivity contribution >= 4 is 5.91 Å². The summed E-state index contributed by atoms with van der Waals surface area (Å²) < 4.78 is 0. The van der Waals surface area contributed by atoms with Gasteiger partial charge in [-0.1, -0.05) is 160 Å². The Morgan fingerprint density at radius 3 is 1.56 bits per heavy atom. The van der Waals surface area contributed by atoms with Crippen LogP contribution in [0.25, 0.3) is 0 Å². The van der Waals surface area contributed by atoms with E-state index in [1.54, 1.807) is 6.08 Å². The van der Waals surface area contributed by atoms with Crippen LogP contribution in [0.1, 0.15) is 174 Å². The van der Waals surface area contributed by atoms with Crippen molar-refractivity contribution in [2.75, 3.05) is 6.61 Å².